The van der Waals surface area contributed by atoms with Crippen molar-refractivity contribution in [2.45, 2.75) is 32.7 Å². The number of aromatic nitrogens is 2. The van der Waals surface area contributed by atoms with Crippen molar-refractivity contribution in [3.05, 3.63) is 52.1 Å². The molecule has 0 spiro atoms. The van der Waals surface area contributed by atoms with Crippen molar-refractivity contribution >= 4 is 11.6 Å². The molecule has 0 radical (unpaired) electrons. The Morgan fingerprint density at radius 3 is 2.76 bits per heavy atom. The minimum absolute atomic E-state index is 0.00745. The zero-order chi connectivity index (χ0) is 15.4. The van der Waals surface area contributed by atoms with E-state index < -0.39 is 0 Å². The SMILES string of the molecule is CCCNC(Cc1c(F)cccc1Cl)c1cn(C)nc1C. The van der Waals surface area contributed by atoms with Crippen LogP contribution in [0, 0.1) is 12.7 Å². The molecule has 1 aromatic carbocycles. The highest BCUT2D eigenvalue weighted by Gasteiger charge is 2.19. The van der Waals surface area contributed by atoms with Crippen LogP contribution in [0.3, 0.4) is 0 Å². The Morgan fingerprint density at radius 1 is 1.43 bits per heavy atom. The van der Waals surface area contributed by atoms with Gasteiger partial charge in [0.2, 0.25) is 0 Å². The number of halogens is 2. The Labute approximate surface area is 130 Å². The molecule has 114 valence electrons. The zero-order valence-corrected chi connectivity index (χ0v) is 13.4. The highest BCUT2D eigenvalue weighted by atomic mass is 35.5. The Hall–Kier alpha value is -1.39. The van der Waals surface area contributed by atoms with Gasteiger partial charge in [-0.05, 0) is 38.4 Å². The van der Waals surface area contributed by atoms with Gasteiger partial charge in [0, 0.05) is 35.4 Å². The second-order valence-corrected chi connectivity index (χ2v) is 5.66. The fourth-order valence-electron chi connectivity index (χ4n) is 2.50. The second kappa shape index (κ2) is 7.05. The summed E-state index contributed by atoms with van der Waals surface area (Å²) >= 11 is 6.15. The monoisotopic (exact) mass is 309 g/mol. The van der Waals surface area contributed by atoms with Crippen LogP contribution in [0.4, 0.5) is 4.39 Å². The molecule has 0 amide bonds. The van der Waals surface area contributed by atoms with Crippen LogP contribution in [0.5, 0.6) is 0 Å². The summed E-state index contributed by atoms with van der Waals surface area (Å²) in [5.41, 5.74) is 2.60. The first kappa shape index (κ1) is 16.0. The maximum atomic E-state index is 14.0. The molecule has 2 aromatic rings. The van der Waals surface area contributed by atoms with Crippen molar-refractivity contribution in [1.29, 1.82) is 0 Å². The van der Waals surface area contributed by atoms with E-state index in [4.69, 9.17) is 11.6 Å². The van der Waals surface area contributed by atoms with E-state index in [1.54, 1.807) is 16.8 Å². The quantitative estimate of drug-likeness (QED) is 0.879. The fraction of sp³-hybridized carbons (Fsp3) is 0.438. The third kappa shape index (κ3) is 3.83. The Kier molecular flexibility index (Phi) is 5.37. The van der Waals surface area contributed by atoms with Gasteiger partial charge < -0.3 is 5.32 Å². The van der Waals surface area contributed by atoms with Crippen LogP contribution in [0.25, 0.3) is 0 Å². The molecular weight excluding hydrogens is 289 g/mol. The molecule has 1 N–H and O–H groups in total. The van der Waals surface area contributed by atoms with Gasteiger partial charge in [0.05, 0.1) is 5.69 Å². The summed E-state index contributed by atoms with van der Waals surface area (Å²) in [6.45, 7) is 4.94. The number of aryl methyl sites for hydroxylation is 2. The number of hydrogen-bond donors (Lipinski definition) is 1. The lowest BCUT2D eigenvalue weighted by Crippen LogP contribution is -2.25. The molecule has 1 heterocycles. The minimum atomic E-state index is -0.257. The first-order chi connectivity index (χ1) is 10.0. The van der Waals surface area contributed by atoms with Crippen LogP contribution in [0.15, 0.2) is 24.4 Å². The van der Waals surface area contributed by atoms with Gasteiger partial charge in [-0.3, -0.25) is 4.68 Å². The lowest BCUT2D eigenvalue weighted by Gasteiger charge is -2.19. The van der Waals surface area contributed by atoms with Gasteiger partial charge >= 0.3 is 0 Å². The summed E-state index contributed by atoms with van der Waals surface area (Å²) in [5.74, 6) is -0.257. The minimum Gasteiger partial charge on any atom is -0.310 e. The number of nitrogens with one attached hydrogen (secondary N) is 1. The molecule has 5 heteroatoms. The average Bonchev–Trinajstić information content (AvgIpc) is 2.76. The van der Waals surface area contributed by atoms with Crippen molar-refractivity contribution in [3.63, 3.8) is 0 Å². The molecule has 0 saturated heterocycles. The van der Waals surface area contributed by atoms with E-state index in [0.717, 1.165) is 24.2 Å². The van der Waals surface area contributed by atoms with Gasteiger partial charge in [0.1, 0.15) is 5.82 Å². The van der Waals surface area contributed by atoms with Crippen LogP contribution in [-0.2, 0) is 13.5 Å². The first-order valence-electron chi connectivity index (χ1n) is 7.19. The van der Waals surface area contributed by atoms with Crippen LogP contribution >= 0.6 is 11.6 Å². The van der Waals surface area contributed by atoms with E-state index in [-0.39, 0.29) is 11.9 Å². The molecule has 0 aliphatic carbocycles. The number of hydrogen-bond acceptors (Lipinski definition) is 2. The van der Waals surface area contributed by atoms with Crippen molar-refractivity contribution < 1.29 is 4.39 Å². The summed E-state index contributed by atoms with van der Waals surface area (Å²) < 4.78 is 15.8. The van der Waals surface area contributed by atoms with Crippen LogP contribution < -0.4 is 5.32 Å². The van der Waals surface area contributed by atoms with Crippen molar-refractivity contribution in [2.75, 3.05) is 6.54 Å². The summed E-state index contributed by atoms with van der Waals surface area (Å²) in [7, 11) is 1.89. The molecule has 3 nitrogen and oxygen atoms in total. The van der Waals surface area contributed by atoms with Crippen molar-refractivity contribution in [3.8, 4) is 0 Å². The summed E-state index contributed by atoms with van der Waals surface area (Å²) in [4.78, 5) is 0. The van der Waals surface area contributed by atoms with Gasteiger partial charge in [-0.15, -0.1) is 0 Å². The summed E-state index contributed by atoms with van der Waals surface area (Å²) in [6, 6.07) is 4.82. The van der Waals surface area contributed by atoms with Crippen LogP contribution in [0.2, 0.25) is 5.02 Å². The third-order valence-corrected chi connectivity index (χ3v) is 3.89. The van der Waals surface area contributed by atoms with E-state index >= 15 is 0 Å². The van der Waals surface area contributed by atoms with Gasteiger partial charge in [-0.2, -0.15) is 5.10 Å². The van der Waals surface area contributed by atoms with Crippen LogP contribution in [-0.4, -0.2) is 16.3 Å². The molecule has 0 saturated carbocycles. The smallest absolute Gasteiger partial charge is 0.127 e. The van der Waals surface area contributed by atoms with Gasteiger partial charge in [-0.25, -0.2) is 4.39 Å². The Bertz CT molecular complexity index is 589. The molecule has 21 heavy (non-hydrogen) atoms. The maximum absolute atomic E-state index is 14.0. The molecule has 0 bridgehead atoms. The van der Waals surface area contributed by atoms with Gasteiger partial charge in [-0.1, -0.05) is 24.6 Å². The molecule has 0 aliphatic heterocycles. The molecule has 1 aromatic heterocycles. The predicted molar refractivity (Wildman–Crippen MR) is 84.1 cm³/mol. The molecule has 1 atom stereocenters. The molecule has 0 fully saturated rings. The fourth-order valence-corrected chi connectivity index (χ4v) is 2.74. The predicted octanol–water partition coefficient (Wildman–Crippen LogP) is 3.80. The van der Waals surface area contributed by atoms with E-state index in [9.17, 15) is 4.39 Å². The number of benzene rings is 1. The molecular formula is C16H21ClFN3. The van der Waals surface area contributed by atoms with E-state index in [2.05, 4.69) is 17.3 Å². The largest absolute Gasteiger partial charge is 0.310 e. The van der Waals surface area contributed by atoms with Crippen molar-refractivity contribution in [2.24, 2.45) is 7.05 Å². The highest BCUT2D eigenvalue weighted by Crippen LogP contribution is 2.27. The highest BCUT2D eigenvalue weighted by molar-refractivity contribution is 6.31. The lowest BCUT2D eigenvalue weighted by atomic mass is 9.99. The van der Waals surface area contributed by atoms with E-state index in [1.165, 1.54) is 6.07 Å². The summed E-state index contributed by atoms with van der Waals surface area (Å²) in [6.07, 6.45) is 3.51. The summed E-state index contributed by atoms with van der Waals surface area (Å²) in [5, 5.41) is 8.31. The zero-order valence-electron chi connectivity index (χ0n) is 12.7. The van der Waals surface area contributed by atoms with Gasteiger partial charge in [0.25, 0.3) is 0 Å². The third-order valence-electron chi connectivity index (χ3n) is 3.54. The average molecular weight is 310 g/mol. The standard InChI is InChI=1S/C16H21ClFN3/c1-4-8-19-16(13-10-21(3)20-11(13)2)9-12-14(17)6-5-7-15(12)18/h5-7,10,16,19H,4,8-9H2,1-3H3. The topological polar surface area (TPSA) is 29.9 Å². The van der Waals surface area contributed by atoms with Crippen LogP contribution in [0.1, 0.15) is 36.2 Å². The molecule has 1 unspecified atom stereocenters. The second-order valence-electron chi connectivity index (χ2n) is 5.25. The Balaban J connectivity index is 2.30. The number of rotatable bonds is 6. The normalized spacial score (nSPS) is 12.6. The van der Waals surface area contributed by atoms with E-state index in [1.807, 2.05) is 20.2 Å². The lowest BCUT2D eigenvalue weighted by molar-refractivity contribution is 0.511. The Morgan fingerprint density at radius 2 is 2.19 bits per heavy atom. The molecule has 2 rings (SSSR count). The van der Waals surface area contributed by atoms with E-state index in [0.29, 0.717) is 17.0 Å². The van der Waals surface area contributed by atoms with Crippen molar-refractivity contribution in [1.82, 2.24) is 15.1 Å². The maximum Gasteiger partial charge on any atom is 0.127 e. The number of nitrogens with zero attached hydrogens (tertiary/aromatic N) is 2. The first-order valence-corrected chi connectivity index (χ1v) is 7.57. The van der Waals surface area contributed by atoms with Gasteiger partial charge in [0.15, 0.2) is 0 Å². The molecule has 0 aliphatic rings.